The summed E-state index contributed by atoms with van der Waals surface area (Å²) in [5, 5.41) is 0. The summed E-state index contributed by atoms with van der Waals surface area (Å²) in [5.74, 6) is 0. The molecule has 0 saturated carbocycles. The molecule has 0 radical (unpaired) electrons. The molecule has 0 bridgehead atoms. The molecular formula is C23H21NO3S. The van der Waals surface area contributed by atoms with Gasteiger partial charge in [-0.15, -0.1) is 0 Å². The topological polar surface area (TPSA) is 46.6 Å². The van der Waals surface area contributed by atoms with Gasteiger partial charge in [-0.2, -0.15) is 4.31 Å². The molecular weight excluding hydrogens is 370 g/mol. The van der Waals surface area contributed by atoms with E-state index in [2.05, 4.69) is 6.07 Å². The van der Waals surface area contributed by atoms with E-state index in [1.807, 2.05) is 67.6 Å². The average molecular weight is 391 g/mol. The quantitative estimate of drug-likeness (QED) is 0.666. The van der Waals surface area contributed by atoms with E-state index >= 15 is 0 Å². The fraction of sp³-hybridized carbons (Fsp3) is 0.217. The van der Waals surface area contributed by atoms with Gasteiger partial charge in [0.15, 0.2) is 6.23 Å². The minimum absolute atomic E-state index is 0.178. The highest BCUT2D eigenvalue weighted by Gasteiger charge is 2.53. The number of benzene rings is 3. The summed E-state index contributed by atoms with van der Waals surface area (Å²) >= 11 is 0. The van der Waals surface area contributed by atoms with Gasteiger partial charge in [0.1, 0.15) is 0 Å². The molecule has 2 aliphatic rings. The highest BCUT2D eigenvalue weighted by Crippen LogP contribution is 2.51. The number of hydrogen-bond donors (Lipinski definition) is 0. The number of ether oxygens (including phenoxy) is 1. The van der Waals surface area contributed by atoms with Gasteiger partial charge in [0.2, 0.25) is 10.0 Å². The van der Waals surface area contributed by atoms with Crippen molar-refractivity contribution in [2.75, 3.05) is 0 Å². The molecule has 28 heavy (non-hydrogen) atoms. The Hall–Kier alpha value is -2.47. The van der Waals surface area contributed by atoms with Gasteiger partial charge in [0.05, 0.1) is 17.0 Å². The Morgan fingerprint density at radius 3 is 2.32 bits per heavy atom. The van der Waals surface area contributed by atoms with Crippen molar-refractivity contribution in [1.82, 2.24) is 4.31 Å². The predicted octanol–water partition coefficient (Wildman–Crippen LogP) is 4.38. The first-order valence-corrected chi connectivity index (χ1v) is 10.9. The molecule has 1 fully saturated rings. The normalized spacial score (nSPS) is 24.1. The largest absolute Gasteiger partial charge is 0.352 e. The van der Waals surface area contributed by atoms with E-state index in [4.69, 9.17) is 4.74 Å². The zero-order valence-electron chi connectivity index (χ0n) is 15.5. The van der Waals surface area contributed by atoms with E-state index in [1.165, 1.54) is 0 Å². The molecule has 0 spiro atoms. The number of nitrogens with zero attached hydrogens (tertiary/aromatic N) is 1. The Morgan fingerprint density at radius 1 is 0.893 bits per heavy atom. The standard InChI is InChI=1S/C23H21NO3S/c1-16-11-13-19(14-12-16)28(25,26)24-22-20-10-6-5-9-18(20)15-21(22)27-23(24)17-7-3-2-4-8-17/h2-14,21-23H,15H2,1H3/t21-,22+,23+/m0/s1. The van der Waals surface area contributed by atoms with Crippen LogP contribution >= 0.6 is 0 Å². The Kier molecular flexibility index (Phi) is 4.12. The van der Waals surface area contributed by atoms with Crippen LogP contribution in [-0.2, 0) is 21.2 Å². The summed E-state index contributed by atoms with van der Waals surface area (Å²) in [7, 11) is -3.74. The zero-order chi connectivity index (χ0) is 19.3. The van der Waals surface area contributed by atoms with E-state index in [1.54, 1.807) is 16.4 Å². The van der Waals surface area contributed by atoms with Gasteiger partial charge < -0.3 is 4.74 Å². The molecule has 0 amide bonds. The molecule has 1 heterocycles. The number of hydrogen-bond acceptors (Lipinski definition) is 3. The maximum atomic E-state index is 13.7. The maximum absolute atomic E-state index is 13.7. The molecule has 4 nitrogen and oxygen atoms in total. The molecule has 142 valence electrons. The van der Waals surface area contributed by atoms with E-state index in [-0.39, 0.29) is 12.1 Å². The summed E-state index contributed by atoms with van der Waals surface area (Å²) in [6.07, 6.45) is -0.0805. The Morgan fingerprint density at radius 2 is 1.57 bits per heavy atom. The van der Waals surface area contributed by atoms with Crippen molar-refractivity contribution in [2.24, 2.45) is 0 Å². The Labute approximate surface area is 165 Å². The third-order valence-corrected chi connectivity index (χ3v) is 7.48. The molecule has 5 heteroatoms. The minimum atomic E-state index is -3.74. The van der Waals surface area contributed by atoms with Crippen LogP contribution in [0.2, 0.25) is 0 Å². The minimum Gasteiger partial charge on any atom is -0.352 e. The fourth-order valence-electron chi connectivity index (χ4n) is 4.28. The smallest absolute Gasteiger partial charge is 0.246 e. The lowest BCUT2D eigenvalue weighted by Gasteiger charge is -2.28. The number of fused-ring (bicyclic) bond motifs is 3. The van der Waals surface area contributed by atoms with Crippen molar-refractivity contribution in [3.05, 3.63) is 101 Å². The van der Waals surface area contributed by atoms with Gasteiger partial charge in [-0.3, -0.25) is 0 Å². The summed E-state index contributed by atoms with van der Waals surface area (Å²) < 4.78 is 35.4. The third-order valence-electron chi connectivity index (χ3n) is 5.64. The van der Waals surface area contributed by atoms with Crippen molar-refractivity contribution >= 4 is 10.0 Å². The highest BCUT2D eigenvalue weighted by atomic mass is 32.2. The van der Waals surface area contributed by atoms with Gasteiger partial charge in [0.25, 0.3) is 0 Å². The van der Waals surface area contributed by atoms with Crippen molar-refractivity contribution in [2.45, 2.75) is 36.6 Å². The van der Waals surface area contributed by atoms with Gasteiger partial charge >= 0.3 is 0 Å². The van der Waals surface area contributed by atoms with Crippen LogP contribution in [0.4, 0.5) is 0 Å². The molecule has 0 unspecified atom stereocenters. The van der Waals surface area contributed by atoms with Crippen molar-refractivity contribution in [3.63, 3.8) is 0 Å². The molecule has 0 N–H and O–H groups in total. The fourth-order valence-corrected chi connectivity index (χ4v) is 5.98. The molecule has 5 rings (SSSR count). The summed E-state index contributed by atoms with van der Waals surface area (Å²) in [5.41, 5.74) is 4.08. The molecule has 1 aliphatic heterocycles. The van der Waals surface area contributed by atoms with Crippen LogP contribution < -0.4 is 0 Å². The number of aryl methyl sites for hydroxylation is 1. The van der Waals surface area contributed by atoms with Crippen LogP contribution in [0.1, 0.15) is 34.5 Å². The average Bonchev–Trinajstić information content (AvgIpc) is 3.25. The summed E-state index contributed by atoms with van der Waals surface area (Å²) in [6.45, 7) is 1.95. The number of sulfonamides is 1. The van der Waals surface area contributed by atoms with Crippen LogP contribution in [0.15, 0.2) is 83.8 Å². The van der Waals surface area contributed by atoms with Crippen LogP contribution in [0.25, 0.3) is 0 Å². The molecule has 1 saturated heterocycles. The third kappa shape index (κ3) is 2.70. The second-order valence-electron chi connectivity index (χ2n) is 7.43. The summed E-state index contributed by atoms with van der Waals surface area (Å²) in [6, 6.07) is 24.4. The van der Waals surface area contributed by atoms with Crippen LogP contribution in [0.3, 0.4) is 0 Å². The first kappa shape index (κ1) is 17.6. The van der Waals surface area contributed by atoms with E-state index in [0.29, 0.717) is 4.90 Å². The van der Waals surface area contributed by atoms with Gasteiger partial charge in [0, 0.05) is 6.42 Å². The van der Waals surface area contributed by atoms with Gasteiger partial charge in [-0.25, -0.2) is 8.42 Å². The van der Waals surface area contributed by atoms with E-state index < -0.39 is 16.3 Å². The molecule has 3 aromatic rings. The van der Waals surface area contributed by atoms with E-state index in [0.717, 1.165) is 28.7 Å². The second-order valence-corrected chi connectivity index (χ2v) is 9.28. The lowest BCUT2D eigenvalue weighted by Crippen LogP contribution is -2.34. The first-order valence-electron chi connectivity index (χ1n) is 9.44. The predicted molar refractivity (Wildman–Crippen MR) is 107 cm³/mol. The summed E-state index contributed by atoms with van der Waals surface area (Å²) in [4.78, 5) is 0.299. The van der Waals surface area contributed by atoms with Crippen LogP contribution in [0, 0.1) is 6.92 Å². The lowest BCUT2D eigenvalue weighted by atomic mass is 10.1. The van der Waals surface area contributed by atoms with Gasteiger partial charge in [-0.05, 0) is 35.7 Å². The maximum Gasteiger partial charge on any atom is 0.246 e. The molecule has 3 atom stereocenters. The number of rotatable bonds is 3. The van der Waals surface area contributed by atoms with Crippen LogP contribution in [0.5, 0.6) is 0 Å². The zero-order valence-corrected chi connectivity index (χ0v) is 16.3. The van der Waals surface area contributed by atoms with Crippen molar-refractivity contribution in [3.8, 4) is 0 Å². The Bertz CT molecular complexity index is 1110. The SMILES string of the molecule is Cc1ccc(S(=O)(=O)N2[C@@H](c3ccccc3)O[C@H]3Cc4ccccc4[C@H]32)cc1. The van der Waals surface area contributed by atoms with Crippen molar-refractivity contribution < 1.29 is 13.2 Å². The molecule has 0 aromatic heterocycles. The monoisotopic (exact) mass is 391 g/mol. The second kappa shape index (κ2) is 6.55. The Balaban J connectivity index is 1.66. The highest BCUT2D eigenvalue weighted by molar-refractivity contribution is 7.89. The van der Waals surface area contributed by atoms with Crippen LogP contribution in [-0.4, -0.2) is 18.8 Å². The molecule has 1 aliphatic carbocycles. The first-order chi connectivity index (χ1) is 13.6. The lowest BCUT2D eigenvalue weighted by molar-refractivity contribution is 0.0217. The molecule has 3 aromatic carbocycles. The van der Waals surface area contributed by atoms with Gasteiger partial charge in [-0.1, -0.05) is 72.3 Å². The van der Waals surface area contributed by atoms with E-state index in [9.17, 15) is 8.42 Å². The van der Waals surface area contributed by atoms with Crippen molar-refractivity contribution in [1.29, 1.82) is 0 Å².